The Morgan fingerprint density at radius 1 is 1.19 bits per heavy atom. The highest BCUT2D eigenvalue weighted by molar-refractivity contribution is 5.79. The molecule has 2 N–H and O–H groups in total. The second kappa shape index (κ2) is 9.37. The van der Waals surface area contributed by atoms with Crippen molar-refractivity contribution in [1.82, 2.24) is 10.6 Å². The summed E-state index contributed by atoms with van der Waals surface area (Å²) in [5, 5.41) is 6.56. The third kappa shape index (κ3) is 5.20. The zero-order valence-electron chi connectivity index (χ0n) is 15.8. The van der Waals surface area contributed by atoms with Crippen LogP contribution in [0, 0.1) is 12.7 Å². The molecule has 0 saturated carbocycles. The summed E-state index contributed by atoms with van der Waals surface area (Å²) in [6.45, 7) is 6.71. The number of guanidine groups is 1. The molecule has 0 aromatic heterocycles. The SMILES string of the molecule is CCNC(=NCc1ccccc1C)NCCc1cc(F)cc2c1OCOC2. The first-order valence-corrected chi connectivity index (χ1v) is 9.26. The Labute approximate surface area is 159 Å². The summed E-state index contributed by atoms with van der Waals surface area (Å²) in [5.74, 6) is 1.22. The molecule has 3 rings (SSSR count). The highest BCUT2D eigenvalue weighted by atomic mass is 19.1. The molecule has 1 aliphatic rings. The summed E-state index contributed by atoms with van der Waals surface area (Å²) in [5.41, 5.74) is 4.03. The fourth-order valence-electron chi connectivity index (χ4n) is 3.05. The lowest BCUT2D eigenvalue weighted by atomic mass is 10.1. The molecule has 0 spiro atoms. The van der Waals surface area contributed by atoms with Crippen molar-refractivity contribution in [2.45, 2.75) is 33.4 Å². The Hall–Kier alpha value is -2.60. The van der Waals surface area contributed by atoms with E-state index in [9.17, 15) is 4.39 Å². The van der Waals surface area contributed by atoms with Crippen LogP contribution < -0.4 is 15.4 Å². The first-order chi connectivity index (χ1) is 13.2. The van der Waals surface area contributed by atoms with Crippen LogP contribution in [-0.2, 0) is 24.3 Å². The van der Waals surface area contributed by atoms with Gasteiger partial charge in [-0.05, 0) is 49.1 Å². The van der Waals surface area contributed by atoms with Crippen molar-refractivity contribution in [1.29, 1.82) is 0 Å². The molecule has 0 amide bonds. The molecular weight excluding hydrogens is 345 g/mol. The van der Waals surface area contributed by atoms with Crippen molar-refractivity contribution in [3.05, 3.63) is 64.5 Å². The number of fused-ring (bicyclic) bond motifs is 1. The first kappa shape index (κ1) is 19.2. The van der Waals surface area contributed by atoms with E-state index in [2.05, 4.69) is 34.7 Å². The molecule has 27 heavy (non-hydrogen) atoms. The molecule has 0 unspecified atom stereocenters. The Morgan fingerprint density at radius 3 is 2.85 bits per heavy atom. The van der Waals surface area contributed by atoms with E-state index in [0.29, 0.717) is 26.1 Å². The van der Waals surface area contributed by atoms with E-state index in [4.69, 9.17) is 9.47 Å². The average Bonchev–Trinajstić information content (AvgIpc) is 2.67. The van der Waals surface area contributed by atoms with E-state index in [-0.39, 0.29) is 12.6 Å². The second-order valence-corrected chi connectivity index (χ2v) is 6.46. The highest BCUT2D eigenvalue weighted by Crippen LogP contribution is 2.29. The van der Waals surface area contributed by atoms with Crippen LogP contribution in [0.4, 0.5) is 4.39 Å². The third-order valence-electron chi connectivity index (χ3n) is 4.45. The number of aryl methyl sites for hydroxylation is 1. The van der Waals surface area contributed by atoms with E-state index in [1.165, 1.54) is 23.3 Å². The number of nitrogens with zero attached hydrogens (tertiary/aromatic N) is 1. The summed E-state index contributed by atoms with van der Waals surface area (Å²) in [4.78, 5) is 4.65. The van der Waals surface area contributed by atoms with Gasteiger partial charge in [0.05, 0.1) is 13.2 Å². The summed E-state index contributed by atoms with van der Waals surface area (Å²) < 4.78 is 24.6. The maximum atomic E-state index is 13.8. The Balaban J connectivity index is 1.63. The van der Waals surface area contributed by atoms with Gasteiger partial charge in [-0.15, -0.1) is 0 Å². The smallest absolute Gasteiger partial charge is 0.191 e. The summed E-state index contributed by atoms with van der Waals surface area (Å²) in [6, 6.07) is 11.2. The predicted octanol–water partition coefficient (Wildman–Crippen LogP) is 3.30. The van der Waals surface area contributed by atoms with Gasteiger partial charge in [-0.1, -0.05) is 24.3 Å². The minimum absolute atomic E-state index is 0.208. The van der Waals surface area contributed by atoms with Gasteiger partial charge >= 0.3 is 0 Å². The third-order valence-corrected chi connectivity index (χ3v) is 4.45. The number of hydrogen-bond acceptors (Lipinski definition) is 3. The standard InChI is InChI=1S/C21H26FN3O2/c1-3-23-21(25-12-17-7-5-4-6-15(17)2)24-9-8-16-10-19(22)11-18-13-26-14-27-20(16)18/h4-7,10-11H,3,8-9,12-14H2,1-2H3,(H2,23,24,25). The summed E-state index contributed by atoms with van der Waals surface area (Å²) >= 11 is 0. The van der Waals surface area contributed by atoms with Crippen LogP contribution in [0.15, 0.2) is 41.4 Å². The van der Waals surface area contributed by atoms with Crippen molar-refractivity contribution in [3.8, 4) is 5.75 Å². The molecule has 2 aromatic carbocycles. The quantitative estimate of drug-likeness (QED) is 0.604. The second-order valence-electron chi connectivity index (χ2n) is 6.46. The van der Waals surface area contributed by atoms with Gasteiger partial charge in [0.15, 0.2) is 12.8 Å². The molecule has 0 bridgehead atoms. The first-order valence-electron chi connectivity index (χ1n) is 9.26. The van der Waals surface area contributed by atoms with Crippen LogP contribution in [0.5, 0.6) is 5.75 Å². The molecule has 2 aromatic rings. The van der Waals surface area contributed by atoms with Gasteiger partial charge in [0, 0.05) is 18.7 Å². The molecule has 144 valence electrons. The topological polar surface area (TPSA) is 54.9 Å². The van der Waals surface area contributed by atoms with Gasteiger partial charge < -0.3 is 20.1 Å². The molecule has 0 fully saturated rings. The molecule has 0 aliphatic carbocycles. The van der Waals surface area contributed by atoms with Crippen molar-refractivity contribution in [2.24, 2.45) is 4.99 Å². The van der Waals surface area contributed by atoms with Crippen LogP contribution in [0.2, 0.25) is 0 Å². The monoisotopic (exact) mass is 371 g/mol. The number of hydrogen-bond donors (Lipinski definition) is 2. The molecule has 0 saturated heterocycles. The van der Waals surface area contributed by atoms with E-state index >= 15 is 0 Å². The van der Waals surface area contributed by atoms with Crippen LogP contribution in [0.1, 0.15) is 29.2 Å². The van der Waals surface area contributed by atoms with Gasteiger partial charge in [-0.25, -0.2) is 9.38 Å². The van der Waals surface area contributed by atoms with Crippen LogP contribution in [0.25, 0.3) is 0 Å². The minimum Gasteiger partial charge on any atom is -0.467 e. The molecule has 1 aliphatic heterocycles. The minimum atomic E-state index is -0.266. The number of halogens is 1. The number of benzene rings is 2. The van der Waals surface area contributed by atoms with E-state index in [1.807, 2.05) is 19.1 Å². The lowest BCUT2D eigenvalue weighted by Crippen LogP contribution is -2.38. The average molecular weight is 371 g/mol. The summed E-state index contributed by atoms with van der Waals surface area (Å²) in [7, 11) is 0. The summed E-state index contributed by atoms with van der Waals surface area (Å²) in [6.07, 6.45) is 0.634. The Bertz CT molecular complexity index is 808. The molecule has 1 heterocycles. The lowest BCUT2D eigenvalue weighted by Gasteiger charge is -2.21. The zero-order valence-corrected chi connectivity index (χ0v) is 15.8. The van der Waals surface area contributed by atoms with Crippen LogP contribution in [0.3, 0.4) is 0 Å². The van der Waals surface area contributed by atoms with Crippen LogP contribution in [-0.4, -0.2) is 25.8 Å². The van der Waals surface area contributed by atoms with Gasteiger partial charge in [-0.3, -0.25) is 0 Å². The van der Waals surface area contributed by atoms with Gasteiger partial charge in [-0.2, -0.15) is 0 Å². The van der Waals surface area contributed by atoms with Crippen LogP contribution >= 0.6 is 0 Å². The fourth-order valence-corrected chi connectivity index (χ4v) is 3.05. The maximum absolute atomic E-state index is 13.8. The van der Waals surface area contributed by atoms with Gasteiger partial charge in [0.25, 0.3) is 0 Å². The van der Waals surface area contributed by atoms with Crippen molar-refractivity contribution in [2.75, 3.05) is 19.9 Å². The van der Waals surface area contributed by atoms with Gasteiger partial charge in [0.1, 0.15) is 11.6 Å². The molecule has 6 heteroatoms. The van der Waals surface area contributed by atoms with E-state index in [1.54, 1.807) is 0 Å². The van der Waals surface area contributed by atoms with E-state index in [0.717, 1.165) is 29.4 Å². The maximum Gasteiger partial charge on any atom is 0.191 e. The number of ether oxygens (including phenoxy) is 2. The molecule has 5 nitrogen and oxygen atoms in total. The van der Waals surface area contributed by atoms with E-state index < -0.39 is 0 Å². The molecule has 0 radical (unpaired) electrons. The normalized spacial score (nSPS) is 13.7. The number of rotatable bonds is 6. The molecule has 0 atom stereocenters. The Morgan fingerprint density at radius 2 is 2.04 bits per heavy atom. The van der Waals surface area contributed by atoms with Crippen molar-refractivity contribution >= 4 is 5.96 Å². The largest absolute Gasteiger partial charge is 0.467 e. The highest BCUT2D eigenvalue weighted by Gasteiger charge is 2.16. The molecular formula is C21H26FN3O2. The van der Waals surface area contributed by atoms with Crippen molar-refractivity contribution in [3.63, 3.8) is 0 Å². The number of nitrogens with one attached hydrogen (secondary N) is 2. The lowest BCUT2D eigenvalue weighted by molar-refractivity contribution is -0.0172. The Kier molecular flexibility index (Phi) is 6.65. The van der Waals surface area contributed by atoms with Crippen molar-refractivity contribution < 1.29 is 13.9 Å². The van der Waals surface area contributed by atoms with Gasteiger partial charge in [0.2, 0.25) is 0 Å². The zero-order chi connectivity index (χ0) is 19.1. The predicted molar refractivity (Wildman–Crippen MR) is 104 cm³/mol. The number of aliphatic imine (C=N–C) groups is 1. The fraction of sp³-hybridized carbons (Fsp3) is 0.381.